The van der Waals surface area contributed by atoms with Crippen LogP contribution in [0.2, 0.25) is 0 Å². The summed E-state index contributed by atoms with van der Waals surface area (Å²) in [6.07, 6.45) is 3.27. The Labute approximate surface area is 175 Å². The van der Waals surface area contributed by atoms with Crippen molar-refractivity contribution in [2.75, 3.05) is 39.4 Å². The van der Waals surface area contributed by atoms with E-state index >= 15 is 0 Å². The van der Waals surface area contributed by atoms with Crippen LogP contribution in [0.3, 0.4) is 0 Å². The van der Waals surface area contributed by atoms with Crippen molar-refractivity contribution < 1.29 is 24.3 Å². The molecule has 30 heavy (non-hydrogen) atoms. The number of aliphatic hydroxyl groups excluding tert-OH is 1. The summed E-state index contributed by atoms with van der Waals surface area (Å²) in [5, 5.41) is 11.0. The van der Waals surface area contributed by atoms with Crippen molar-refractivity contribution in [1.82, 2.24) is 9.88 Å². The summed E-state index contributed by atoms with van der Waals surface area (Å²) < 4.78 is 5.40. The zero-order chi connectivity index (χ0) is 21.1. The number of nitrogens with one attached hydrogen (secondary N) is 1. The van der Waals surface area contributed by atoms with E-state index in [1.54, 1.807) is 41.6 Å². The summed E-state index contributed by atoms with van der Waals surface area (Å²) in [4.78, 5) is 32.9. The number of carbonyl (C=O) groups excluding carboxylic acids is 2. The van der Waals surface area contributed by atoms with Crippen LogP contribution in [0.15, 0.2) is 54.4 Å². The van der Waals surface area contributed by atoms with Gasteiger partial charge in [-0.25, -0.2) is 0 Å². The first-order chi connectivity index (χ1) is 14.6. The van der Waals surface area contributed by atoms with Gasteiger partial charge in [-0.3, -0.25) is 14.6 Å². The monoisotopic (exact) mass is 408 g/mol. The zero-order valence-corrected chi connectivity index (χ0v) is 17.0. The Morgan fingerprint density at radius 2 is 1.80 bits per heavy atom. The number of aryl methyl sites for hydroxylation is 1. The number of Topliss-reactive ketones (excluding diaryl/α,β-unsaturated/α-hetero) is 1. The van der Waals surface area contributed by atoms with Gasteiger partial charge in [0.25, 0.3) is 11.7 Å². The largest absolute Gasteiger partial charge is 0.507 e. The highest BCUT2D eigenvalue weighted by Crippen LogP contribution is 2.38. The minimum absolute atomic E-state index is 0.132. The fraction of sp³-hybridized carbons (Fsp3) is 0.348. The van der Waals surface area contributed by atoms with Crippen LogP contribution in [-0.4, -0.2) is 66.1 Å². The molecule has 2 aromatic rings. The number of hydrogen-bond acceptors (Lipinski definition) is 5. The van der Waals surface area contributed by atoms with E-state index in [9.17, 15) is 14.7 Å². The van der Waals surface area contributed by atoms with Gasteiger partial charge in [0, 0.05) is 18.0 Å². The molecular weight excluding hydrogens is 382 g/mol. The molecule has 156 valence electrons. The van der Waals surface area contributed by atoms with Crippen molar-refractivity contribution in [3.63, 3.8) is 0 Å². The molecule has 7 nitrogen and oxygen atoms in total. The number of nitrogens with zero attached hydrogens (tertiary/aromatic N) is 2. The van der Waals surface area contributed by atoms with Gasteiger partial charge < -0.3 is 19.6 Å². The number of morpholine rings is 1. The highest BCUT2D eigenvalue weighted by molar-refractivity contribution is 6.46. The van der Waals surface area contributed by atoms with Gasteiger partial charge in [-0.2, -0.15) is 0 Å². The van der Waals surface area contributed by atoms with Crippen molar-refractivity contribution in [3.05, 3.63) is 71.1 Å². The topological polar surface area (TPSA) is 84.2 Å². The SMILES string of the molecule is Cc1ccc(C(O)=C2C(=O)C(=O)N(CC[NH+]3CCOCC3)[C@H]2c2ccncc2)cc1. The number of benzene rings is 1. The second-order valence-electron chi connectivity index (χ2n) is 7.75. The van der Waals surface area contributed by atoms with Crippen molar-refractivity contribution in [2.45, 2.75) is 13.0 Å². The number of ketones is 1. The van der Waals surface area contributed by atoms with Gasteiger partial charge in [-0.05, 0) is 24.6 Å². The van der Waals surface area contributed by atoms with E-state index in [0.717, 1.165) is 30.8 Å². The predicted octanol–water partition coefficient (Wildman–Crippen LogP) is 0.727. The molecule has 0 aliphatic carbocycles. The number of rotatable bonds is 5. The summed E-state index contributed by atoms with van der Waals surface area (Å²) in [5.74, 6) is -1.36. The average Bonchev–Trinajstić information content (AvgIpc) is 3.04. The molecule has 2 aliphatic rings. The van der Waals surface area contributed by atoms with Crippen LogP contribution in [0.4, 0.5) is 0 Å². The smallest absolute Gasteiger partial charge is 0.295 e. The summed E-state index contributed by atoms with van der Waals surface area (Å²) in [7, 11) is 0. The predicted molar refractivity (Wildman–Crippen MR) is 111 cm³/mol. The fourth-order valence-electron chi connectivity index (χ4n) is 4.06. The molecule has 3 heterocycles. The van der Waals surface area contributed by atoms with Crippen LogP contribution in [0.25, 0.3) is 5.76 Å². The number of aliphatic hydroxyl groups is 1. The second-order valence-corrected chi connectivity index (χ2v) is 7.75. The first-order valence-corrected chi connectivity index (χ1v) is 10.2. The lowest BCUT2D eigenvalue weighted by atomic mass is 9.95. The molecule has 0 saturated carbocycles. The third-order valence-electron chi connectivity index (χ3n) is 5.79. The lowest BCUT2D eigenvalue weighted by Gasteiger charge is -2.29. The van der Waals surface area contributed by atoms with Gasteiger partial charge in [0.05, 0.1) is 37.9 Å². The molecule has 0 radical (unpaired) electrons. The zero-order valence-electron chi connectivity index (χ0n) is 17.0. The highest BCUT2D eigenvalue weighted by Gasteiger charge is 2.46. The van der Waals surface area contributed by atoms with Gasteiger partial charge in [0.15, 0.2) is 0 Å². The standard InChI is InChI=1S/C23H25N3O4/c1-16-2-4-18(5-3-16)21(27)19-20(17-6-8-24-9-7-17)26(23(29)22(19)28)11-10-25-12-14-30-15-13-25/h2-9,20,27H,10-15H2,1H3/p+1/t20-/m0/s1. The van der Waals surface area contributed by atoms with Gasteiger partial charge in [0.2, 0.25) is 0 Å². The second kappa shape index (κ2) is 8.77. The van der Waals surface area contributed by atoms with Crippen LogP contribution in [-0.2, 0) is 14.3 Å². The molecule has 2 N–H and O–H groups in total. The number of likely N-dealkylation sites (tertiary alicyclic amines) is 1. The summed E-state index contributed by atoms with van der Waals surface area (Å²) in [5.41, 5.74) is 2.46. The number of ether oxygens (including phenoxy) is 1. The van der Waals surface area contributed by atoms with Gasteiger partial charge in [-0.15, -0.1) is 0 Å². The lowest BCUT2D eigenvalue weighted by Crippen LogP contribution is -3.14. The summed E-state index contributed by atoms with van der Waals surface area (Å²) in [6.45, 7) is 6.28. The number of amides is 1. The third kappa shape index (κ3) is 3.99. The summed E-state index contributed by atoms with van der Waals surface area (Å²) >= 11 is 0. The van der Waals surface area contributed by atoms with Crippen LogP contribution in [0.5, 0.6) is 0 Å². The van der Waals surface area contributed by atoms with Gasteiger partial charge in [-0.1, -0.05) is 29.8 Å². The Bertz CT molecular complexity index is 950. The summed E-state index contributed by atoms with van der Waals surface area (Å²) in [6, 6.07) is 10.2. The van der Waals surface area contributed by atoms with E-state index in [0.29, 0.717) is 25.3 Å². The van der Waals surface area contributed by atoms with Crippen molar-refractivity contribution in [3.8, 4) is 0 Å². The molecule has 1 aromatic carbocycles. The van der Waals surface area contributed by atoms with Gasteiger partial charge >= 0.3 is 0 Å². The van der Waals surface area contributed by atoms with E-state index in [2.05, 4.69) is 4.98 Å². The molecule has 4 rings (SSSR count). The van der Waals surface area contributed by atoms with E-state index in [1.807, 2.05) is 19.1 Å². The minimum Gasteiger partial charge on any atom is -0.507 e. The first-order valence-electron chi connectivity index (χ1n) is 10.2. The van der Waals surface area contributed by atoms with Crippen molar-refractivity contribution in [2.24, 2.45) is 0 Å². The van der Waals surface area contributed by atoms with Crippen LogP contribution < -0.4 is 4.90 Å². The van der Waals surface area contributed by atoms with E-state index in [1.165, 1.54) is 4.90 Å². The minimum atomic E-state index is -0.646. The van der Waals surface area contributed by atoms with Crippen LogP contribution in [0, 0.1) is 6.92 Å². The van der Waals surface area contributed by atoms with Gasteiger partial charge in [0.1, 0.15) is 18.8 Å². The molecule has 7 heteroatoms. The van der Waals surface area contributed by atoms with Crippen molar-refractivity contribution >= 4 is 17.4 Å². The molecule has 1 amide bonds. The molecule has 2 fully saturated rings. The lowest BCUT2D eigenvalue weighted by molar-refractivity contribution is -0.907. The van der Waals surface area contributed by atoms with E-state index in [4.69, 9.17) is 4.74 Å². The maximum atomic E-state index is 13.0. The molecule has 0 spiro atoms. The molecule has 1 aromatic heterocycles. The Kier molecular flexibility index (Phi) is 5.92. The molecule has 1 atom stereocenters. The Morgan fingerprint density at radius 3 is 2.47 bits per heavy atom. The quantitative estimate of drug-likeness (QED) is 0.433. The number of aromatic nitrogens is 1. The van der Waals surface area contributed by atoms with E-state index in [-0.39, 0.29) is 11.3 Å². The highest BCUT2D eigenvalue weighted by atomic mass is 16.5. The van der Waals surface area contributed by atoms with Crippen molar-refractivity contribution in [1.29, 1.82) is 0 Å². The number of hydrogen-bond donors (Lipinski definition) is 2. The molecule has 2 aliphatic heterocycles. The Balaban J connectivity index is 1.71. The van der Waals surface area contributed by atoms with Crippen LogP contribution >= 0.6 is 0 Å². The molecule has 2 saturated heterocycles. The Morgan fingerprint density at radius 1 is 1.13 bits per heavy atom. The maximum Gasteiger partial charge on any atom is 0.295 e. The maximum absolute atomic E-state index is 13.0. The number of carbonyl (C=O) groups is 2. The first kappa shape index (κ1) is 20.3. The number of pyridine rings is 1. The number of quaternary nitrogens is 1. The van der Waals surface area contributed by atoms with E-state index < -0.39 is 17.7 Å². The third-order valence-corrected chi connectivity index (χ3v) is 5.79. The molecule has 0 bridgehead atoms. The fourth-order valence-corrected chi connectivity index (χ4v) is 4.06. The van der Waals surface area contributed by atoms with Crippen LogP contribution in [0.1, 0.15) is 22.7 Å². The molecule has 0 unspecified atom stereocenters. The normalized spacial score (nSPS) is 21.9. The Hall–Kier alpha value is -3.03. The molecular formula is C23H26N3O4+. The average molecular weight is 408 g/mol.